The number of hydrogen-bond acceptors (Lipinski definition) is 4. The van der Waals surface area contributed by atoms with E-state index in [0.717, 1.165) is 31.6 Å². The lowest BCUT2D eigenvalue weighted by molar-refractivity contribution is -0.141. The molecule has 8 heteroatoms. The first-order chi connectivity index (χ1) is 15.3. The highest BCUT2D eigenvalue weighted by Crippen LogP contribution is 2.58. The molecule has 0 aromatic heterocycles. The van der Waals surface area contributed by atoms with Crippen molar-refractivity contribution in [2.45, 2.75) is 26.2 Å². The molecule has 0 bridgehead atoms. The van der Waals surface area contributed by atoms with Gasteiger partial charge in [-0.05, 0) is 50.5 Å². The quantitative estimate of drug-likeness (QED) is 0.719. The third-order valence-corrected chi connectivity index (χ3v) is 7.85. The first-order valence-corrected chi connectivity index (χ1v) is 11.5. The maximum Gasteiger partial charge on any atom is 0.319 e. The predicted molar refractivity (Wildman–Crippen MR) is 121 cm³/mol. The minimum atomic E-state index is -0.538. The summed E-state index contributed by atoms with van der Waals surface area (Å²) in [4.78, 5) is 46.7. The smallest absolute Gasteiger partial charge is 0.319 e. The normalized spacial score (nSPS) is 24.5. The van der Waals surface area contributed by atoms with Crippen LogP contribution in [0.1, 0.15) is 36.5 Å². The Morgan fingerprint density at radius 1 is 1.00 bits per heavy atom. The van der Waals surface area contributed by atoms with Crippen LogP contribution in [0.5, 0.6) is 5.75 Å². The predicted octanol–water partition coefficient (Wildman–Crippen LogP) is 2.15. The van der Waals surface area contributed by atoms with Crippen molar-refractivity contribution in [1.29, 1.82) is 0 Å². The van der Waals surface area contributed by atoms with Crippen molar-refractivity contribution in [2.75, 3.05) is 60.5 Å². The Balaban J connectivity index is 1.55. The van der Waals surface area contributed by atoms with Gasteiger partial charge in [0.05, 0.1) is 12.5 Å². The lowest BCUT2D eigenvalue weighted by atomic mass is 9.60. The Morgan fingerprint density at radius 2 is 1.66 bits per heavy atom. The van der Waals surface area contributed by atoms with Crippen LogP contribution >= 0.6 is 0 Å². The Labute approximate surface area is 190 Å². The molecule has 32 heavy (non-hydrogen) atoms. The molecule has 3 aliphatic rings. The average Bonchev–Trinajstić information content (AvgIpc) is 3.31. The number of benzene rings is 1. The number of likely N-dealkylation sites (tertiary alicyclic amines) is 3. The molecule has 0 N–H and O–H groups in total. The summed E-state index contributed by atoms with van der Waals surface area (Å²) in [7, 11) is 5.11. The van der Waals surface area contributed by atoms with Gasteiger partial charge in [-0.2, -0.15) is 0 Å². The number of amides is 4. The summed E-state index contributed by atoms with van der Waals surface area (Å²) in [5.74, 6) is 0.908. The van der Waals surface area contributed by atoms with Gasteiger partial charge in [0, 0.05) is 64.3 Å². The second kappa shape index (κ2) is 8.30. The first-order valence-electron chi connectivity index (χ1n) is 11.5. The van der Waals surface area contributed by atoms with Crippen molar-refractivity contribution < 1.29 is 19.1 Å². The van der Waals surface area contributed by atoms with E-state index in [1.165, 1.54) is 0 Å². The SMILES string of the molecule is CCN1CCC2(CN(C(=O)N(C)C)CC23CCN(C(=O)c2ccc(OC)cc2)CC3)C1=O. The van der Waals surface area contributed by atoms with Gasteiger partial charge in [0.15, 0.2) is 0 Å². The maximum atomic E-state index is 13.6. The molecule has 4 rings (SSSR count). The molecular formula is C24H34N4O4. The van der Waals surface area contributed by atoms with Gasteiger partial charge in [-0.1, -0.05) is 0 Å². The number of carbonyl (C=O) groups excluding carboxylic acids is 3. The van der Waals surface area contributed by atoms with Crippen molar-refractivity contribution in [3.8, 4) is 5.75 Å². The maximum absolute atomic E-state index is 13.6. The van der Waals surface area contributed by atoms with Crippen molar-refractivity contribution in [1.82, 2.24) is 19.6 Å². The van der Waals surface area contributed by atoms with Crippen molar-refractivity contribution >= 4 is 17.8 Å². The number of methoxy groups -OCH3 is 1. The summed E-state index contributed by atoms with van der Waals surface area (Å²) in [5.41, 5.74) is -0.179. The summed E-state index contributed by atoms with van der Waals surface area (Å²) in [6, 6.07) is 7.14. The molecule has 2 spiro atoms. The van der Waals surface area contributed by atoms with Gasteiger partial charge in [0.2, 0.25) is 5.91 Å². The number of carbonyl (C=O) groups is 3. The summed E-state index contributed by atoms with van der Waals surface area (Å²) in [5, 5.41) is 0. The molecule has 1 atom stereocenters. The molecule has 8 nitrogen and oxygen atoms in total. The third-order valence-electron chi connectivity index (χ3n) is 7.85. The zero-order valence-corrected chi connectivity index (χ0v) is 19.6. The van der Waals surface area contributed by atoms with Crippen LogP contribution in [0.4, 0.5) is 4.79 Å². The van der Waals surface area contributed by atoms with E-state index in [2.05, 4.69) is 0 Å². The van der Waals surface area contributed by atoms with E-state index in [1.54, 1.807) is 50.4 Å². The van der Waals surface area contributed by atoms with E-state index in [9.17, 15) is 14.4 Å². The van der Waals surface area contributed by atoms with Crippen LogP contribution < -0.4 is 4.74 Å². The fraction of sp³-hybridized carbons (Fsp3) is 0.625. The van der Waals surface area contributed by atoms with E-state index in [-0.39, 0.29) is 23.3 Å². The number of nitrogens with zero attached hydrogens (tertiary/aromatic N) is 4. The van der Waals surface area contributed by atoms with Crippen LogP contribution in [0.25, 0.3) is 0 Å². The minimum Gasteiger partial charge on any atom is -0.497 e. The van der Waals surface area contributed by atoms with Crippen LogP contribution in [-0.4, -0.2) is 97.9 Å². The number of hydrogen-bond donors (Lipinski definition) is 0. The van der Waals surface area contributed by atoms with Gasteiger partial charge in [-0.25, -0.2) is 4.79 Å². The monoisotopic (exact) mass is 442 g/mol. The average molecular weight is 443 g/mol. The van der Waals surface area contributed by atoms with E-state index in [4.69, 9.17) is 4.74 Å². The third kappa shape index (κ3) is 3.40. The molecule has 1 aromatic carbocycles. The number of ether oxygens (including phenoxy) is 1. The zero-order valence-electron chi connectivity index (χ0n) is 19.6. The number of urea groups is 1. The highest BCUT2D eigenvalue weighted by atomic mass is 16.5. The Morgan fingerprint density at radius 3 is 2.19 bits per heavy atom. The molecule has 1 unspecified atom stereocenters. The molecule has 0 radical (unpaired) electrons. The highest BCUT2D eigenvalue weighted by molar-refractivity contribution is 5.94. The summed E-state index contributed by atoms with van der Waals surface area (Å²) < 4.78 is 5.19. The topological polar surface area (TPSA) is 73.4 Å². The lowest BCUT2D eigenvalue weighted by Crippen LogP contribution is -2.53. The van der Waals surface area contributed by atoms with E-state index in [1.807, 2.05) is 21.6 Å². The van der Waals surface area contributed by atoms with E-state index >= 15 is 0 Å². The molecule has 174 valence electrons. The van der Waals surface area contributed by atoms with Crippen LogP contribution in [-0.2, 0) is 4.79 Å². The molecule has 3 heterocycles. The van der Waals surface area contributed by atoms with Gasteiger partial charge in [-0.15, -0.1) is 0 Å². The Kier molecular flexibility index (Phi) is 5.81. The molecule has 0 saturated carbocycles. The molecular weight excluding hydrogens is 408 g/mol. The van der Waals surface area contributed by atoms with Crippen molar-refractivity contribution in [2.24, 2.45) is 10.8 Å². The van der Waals surface area contributed by atoms with Crippen LogP contribution in [0.2, 0.25) is 0 Å². The molecule has 1 aromatic rings. The zero-order chi connectivity index (χ0) is 23.1. The fourth-order valence-corrected chi connectivity index (χ4v) is 5.95. The van der Waals surface area contributed by atoms with E-state index in [0.29, 0.717) is 38.3 Å². The van der Waals surface area contributed by atoms with Crippen LogP contribution in [0.15, 0.2) is 24.3 Å². The van der Waals surface area contributed by atoms with E-state index < -0.39 is 5.41 Å². The molecule has 3 fully saturated rings. The second-order valence-corrected chi connectivity index (χ2v) is 9.55. The second-order valence-electron chi connectivity index (χ2n) is 9.55. The van der Waals surface area contributed by atoms with Crippen LogP contribution in [0, 0.1) is 10.8 Å². The minimum absolute atomic E-state index is 0.00343. The molecule has 3 saturated heterocycles. The van der Waals surface area contributed by atoms with Crippen molar-refractivity contribution in [3.05, 3.63) is 29.8 Å². The molecule has 4 amide bonds. The summed E-state index contributed by atoms with van der Waals surface area (Å²) in [6.45, 7) is 5.70. The largest absolute Gasteiger partial charge is 0.497 e. The lowest BCUT2D eigenvalue weighted by Gasteiger charge is -2.46. The molecule has 3 aliphatic heterocycles. The highest BCUT2D eigenvalue weighted by Gasteiger charge is 2.66. The number of rotatable bonds is 3. The van der Waals surface area contributed by atoms with Gasteiger partial charge >= 0.3 is 6.03 Å². The first kappa shape index (κ1) is 22.4. The Hall–Kier alpha value is -2.77. The summed E-state index contributed by atoms with van der Waals surface area (Å²) >= 11 is 0. The fourth-order valence-electron chi connectivity index (χ4n) is 5.95. The van der Waals surface area contributed by atoms with Crippen molar-refractivity contribution in [3.63, 3.8) is 0 Å². The number of piperidine rings is 1. The Bertz CT molecular complexity index is 892. The van der Waals surface area contributed by atoms with Gasteiger partial charge in [0.1, 0.15) is 5.75 Å². The number of fused-ring (bicyclic) bond motifs is 1. The van der Waals surface area contributed by atoms with Gasteiger partial charge in [-0.3, -0.25) is 9.59 Å². The summed E-state index contributed by atoms with van der Waals surface area (Å²) in [6.07, 6.45) is 2.24. The molecule has 0 aliphatic carbocycles. The van der Waals surface area contributed by atoms with Gasteiger partial charge < -0.3 is 24.3 Å². The standard InChI is InChI=1S/C24H34N4O4/c1-5-26-15-12-24(21(26)30)17-28(22(31)25(2)3)16-23(24)10-13-27(14-11-23)20(29)18-6-8-19(32-4)9-7-18/h6-9H,5,10-17H2,1-4H3. The van der Waals surface area contributed by atoms with Gasteiger partial charge in [0.25, 0.3) is 5.91 Å². The van der Waals surface area contributed by atoms with Crippen LogP contribution in [0.3, 0.4) is 0 Å².